The molecule has 1 rings (SSSR count). The highest BCUT2D eigenvalue weighted by Crippen LogP contribution is 2.11. The molecule has 0 bridgehead atoms. The van der Waals surface area contributed by atoms with Crippen molar-refractivity contribution >= 4 is 11.9 Å². The summed E-state index contributed by atoms with van der Waals surface area (Å²) in [6, 6.07) is 5.36. The molecule has 0 aliphatic carbocycles. The number of hydrogen-bond donors (Lipinski definition) is 3. The van der Waals surface area contributed by atoms with Crippen LogP contribution in [0.25, 0.3) is 0 Å². The van der Waals surface area contributed by atoms with Gasteiger partial charge in [0.1, 0.15) is 11.8 Å². The first kappa shape index (κ1) is 12.0. The van der Waals surface area contributed by atoms with Crippen molar-refractivity contribution in [1.29, 1.82) is 0 Å². The molecule has 0 heterocycles. The molecule has 1 aromatic rings. The highest BCUT2D eigenvalue weighted by atomic mass is 16.4. The van der Waals surface area contributed by atoms with E-state index in [1.54, 1.807) is 12.1 Å². The third-order valence-electron chi connectivity index (χ3n) is 2.02. The maximum atomic E-state index is 11.4. The van der Waals surface area contributed by atoms with Gasteiger partial charge < -0.3 is 15.5 Å². The van der Waals surface area contributed by atoms with Crippen molar-refractivity contribution in [3.8, 4) is 5.75 Å². The Morgan fingerprint density at radius 1 is 1.44 bits per heavy atom. The van der Waals surface area contributed by atoms with Gasteiger partial charge in [-0.2, -0.15) is 0 Å². The third kappa shape index (κ3) is 3.61. The minimum absolute atomic E-state index is 0.0476. The molecule has 0 radical (unpaired) electrons. The van der Waals surface area contributed by atoms with E-state index in [1.807, 2.05) is 0 Å². The summed E-state index contributed by atoms with van der Waals surface area (Å²) >= 11 is 0. The zero-order chi connectivity index (χ0) is 12.1. The topological polar surface area (TPSA) is 86.6 Å². The average Bonchev–Trinajstić information content (AvgIpc) is 2.16. The molecular weight excluding hydrogens is 210 g/mol. The van der Waals surface area contributed by atoms with Gasteiger partial charge in [-0.15, -0.1) is 0 Å². The first-order valence-electron chi connectivity index (χ1n) is 4.79. The Morgan fingerprint density at radius 2 is 2.12 bits per heavy atom. The summed E-state index contributed by atoms with van der Waals surface area (Å²) in [6.07, 6.45) is 0.0476. The number of phenolic OH excluding ortho intramolecular Hbond substituents is 1. The van der Waals surface area contributed by atoms with Gasteiger partial charge in [-0.25, -0.2) is 0 Å². The van der Waals surface area contributed by atoms with E-state index in [4.69, 9.17) is 5.11 Å². The summed E-state index contributed by atoms with van der Waals surface area (Å²) in [7, 11) is 0. The van der Waals surface area contributed by atoms with E-state index in [1.165, 1.54) is 19.1 Å². The van der Waals surface area contributed by atoms with Crippen LogP contribution in [0.4, 0.5) is 0 Å². The Bertz CT molecular complexity index is 403. The molecule has 0 aliphatic heterocycles. The molecule has 0 unspecified atom stereocenters. The molecule has 0 fully saturated rings. The van der Waals surface area contributed by atoms with Crippen LogP contribution in [0.5, 0.6) is 5.75 Å². The molecule has 0 spiro atoms. The lowest BCUT2D eigenvalue weighted by molar-refractivity contribution is -0.141. The summed E-state index contributed by atoms with van der Waals surface area (Å²) in [5, 5.41) is 20.1. The van der Waals surface area contributed by atoms with E-state index in [-0.39, 0.29) is 18.1 Å². The van der Waals surface area contributed by atoms with E-state index in [0.29, 0.717) is 5.56 Å². The Hall–Kier alpha value is -2.04. The first-order valence-corrected chi connectivity index (χ1v) is 4.79. The minimum Gasteiger partial charge on any atom is -0.508 e. The number of carbonyl (C=O) groups excluding carboxylic acids is 1. The highest BCUT2D eigenvalue weighted by molar-refractivity contribution is 5.84. The van der Waals surface area contributed by atoms with Crippen molar-refractivity contribution in [1.82, 2.24) is 5.32 Å². The van der Waals surface area contributed by atoms with Crippen LogP contribution < -0.4 is 5.32 Å². The number of carboxylic acids is 1. The predicted molar refractivity (Wildman–Crippen MR) is 57.1 cm³/mol. The van der Waals surface area contributed by atoms with Gasteiger partial charge in [-0.3, -0.25) is 9.59 Å². The molecule has 0 aromatic heterocycles. The molecule has 5 nitrogen and oxygen atoms in total. The first-order chi connectivity index (χ1) is 7.49. The summed E-state index contributed by atoms with van der Waals surface area (Å²) in [5.41, 5.74) is 0.634. The average molecular weight is 223 g/mol. The number of aliphatic carboxylic acids is 1. The van der Waals surface area contributed by atoms with Crippen LogP contribution in [0, 0.1) is 0 Å². The normalized spacial score (nSPS) is 11.8. The second-order valence-electron chi connectivity index (χ2n) is 3.47. The van der Waals surface area contributed by atoms with Gasteiger partial charge in [0.05, 0.1) is 6.42 Å². The number of amides is 1. The van der Waals surface area contributed by atoms with Crippen LogP contribution in [0.2, 0.25) is 0 Å². The van der Waals surface area contributed by atoms with Gasteiger partial charge in [0.25, 0.3) is 0 Å². The quantitative estimate of drug-likeness (QED) is 0.694. The van der Waals surface area contributed by atoms with E-state index < -0.39 is 12.0 Å². The van der Waals surface area contributed by atoms with Gasteiger partial charge in [-0.05, 0) is 24.6 Å². The third-order valence-corrected chi connectivity index (χ3v) is 2.02. The lowest BCUT2D eigenvalue weighted by atomic mass is 10.1. The Balaban J connectivity index is 2.55. The Kier molecular flexibility index (Phi) is 3.88. The lowest BCUT2D eigenvalue weighted by Gasteiger charge is -2.09. The fraction of sp³-hybridized carbons (Fsp3) is 0.273. The zero-order valence-electron chi connectivity index (χ0n) is 8.80. The van der Waals surface area contributed by atoms with E-state index >= 15 is 0 Å². The second-order valence-corrected chi connectivity index (χ2v) is 3.47. The second kappa shape index (κ2) is 5.16. The number of benzene rings is 1. The van der Waals surface area contributed by atoms with Gasteiger partial charge >= 0.3 is 5.97 Å². The van der Waals surface area contributed by atoms with Crippen molar-refractivity contribution in [2.75, 3.05) is 0 Å². The largest absolute Gasteiger partial charge is 0.508 e. The Labute approximate surface area is 92.7 Å². The molecular formula is C11H13NO4. The van der Waals surface area contributed by atoms with Gasteiger partial charge in [0.15, 0.2) is 0 Å². The molecule has 0 saturated carbocycles. The van der Waals surface area contributed by atoms with E-state index in [9.17, 15) is 14.7 Å². The van der Waals surface area contributed by atoms with Gasteiger partial charge in [0, 0.05) is 0 Å². The van der Waals surface area contributed by atoms with Crippen molar-refractivity contribution < 1.29 is 19.8 Å². The monoisotopic (exact) mass is 223 g/mol. The fourth-order valence-electron chi connectivity index (χ4n) is 1.21. The number of rotatable bonds is 4. The molecule has 16 heavy (non-hydrogen) atoms. The van der Waals surface area contributed by atoms with Crippen molar-refractivity contribution in [3.05, 3.63) is 29.8 Å². The standard InChI is InChI=1S/C11H13NO4/c1-7(11(15)16)12-10(14)6-8-3-2-4-9(13)5-8/h2-5,7,13H,6H2,1H3,(H,12,14)(H,15,16)/t7-/m0/s1. The maximum Gasteiger partial charge on any atom is 0.325 e. The van der Waals surface area contributed by atoms with Crippen LogP contribution in [0.1, 0.15) is 12.5 Å². The molecule has 0 saturated heterocycles. The number of nitrogens with one attached hydrogen (secondary N) is 1. The van der Waals surface area contributed by atoms with Crippen LogP contribution >= 0.6 is 0 Å². The van der Waals surface area contributed by atoms with Crippen molar-refractivity contribution in [2.45, 2.75) is 19.4 Å². The summed E-state index contributed by atoms with van der Waals surface area (Å²) in [6.45, 7) is 1.39. The fourth-order valence-corrected chi connectivity index (χ4v) is 1.21. The minimum atomic E-state index is -1.08. The summed E-state index contributed by atoms with van der Waals surface area (Å²) in [4.78, 5) is 21.9. The molecule has 86 valence electrons. The maximum absolute atomic E-state index is 11.4. The van der Waals surface area contributed by atoms with Crippen LogP contribution in [0.15, 0.2) is 24.3 Å². The number of carbonyl (C=O) groups is 2. The van der Waals surface area contributed by atoms with E-state index in [2.05, 4.69) is 5.32 Å². The van der Waals surface area contributed by atoms with E-state index in [0.717, 1.165) is 0 Å². The lowest BCUT2D eigenvalue weighted by Crippen LogP contribution is -2.39. The number of hydrogen-bond acceptors (Lipinski definition) is 3. The van der Waals surface area contributed by atoms with Crippen LogP contribution in [0.3, 0.4) is 0 Å². The van der Waals surface area contributed by atoms with Crippen LogP contribution in [-0.2, 0) is 16.0 Å². The van der Waals surface area contributed by atoms with Gasteiger partial charge in [0.2, 0.25) is 5.91 Å². The summed E-state index contributed by atoms with van der Waals surface area (Å²) in [5.74, 6) is -1.39. The van der Waals surface area contributed by atoms with Crippen molar-refractivity contribution in [3.63, 3.8) is 0 Å². The zero-order valence-corrected chi connectivity index (χ0v) is 8.80. The molecule has 0 aliphatic rings. The molecule has 3 N–H and O–H groups in total. The van der Waals surface area contributed by atoms with Crippen LogP contribution in [-0.4, -0.2) is 28.1 Å². The van der Waals surface area contributed by atoms with Crippen molar-refractivity contribution in [2.24, 2.45) is 0 Å². The molecule has 5 heteroatoms. The smallest absolute Gasteiger partial charge is 0.325 e. The highest BCUT2D eigenvalue weighted by Gasteiger charge is 2.13. The molecule has 1 aromatic carbocycles. The summed E-state index contributed by atoms with van der Waals surface area (Å²) < 4.78 is 0. The molecule has 1 atom stereocenters. The number of phenols is 1. The predicted octanol–water partition coefficient (Wildman–Crippen LogP) is 0.524. The number of aromatic hydroxyl groups is 1. The number of carboxylic acid groups (broad SMARTS) is 1. The van der Waals surface area contributed by atoms with Gasteiger partial charge in [-0.1, -0.05) is 12.1 Å². The SMILES string of the molecule is C[C@H](NC(=O)Cc1cccc(O)c1)C(=O)O. The Morgan fingerprint density at radius 3 is 2.69 bits per heavy atom. The molecule has 1 amide bonds.